The highest BCUT2D eigenvalue weighted by atomic mass is 32.2. The minimum Gasteiger partial charge on any atom is -0.480 e. The molecule has 0 spiro atoms. The summed E-state index contributed by atoms with van der Waals surface area (Å²) < 4.78 is 0. The first-order chi connectivity index (χ1) is 5.57. The van der Waals surface area contributed by atoms with Gasteiger partial charge in [0.2, 0.25) is 5.91 Å². The zero-order chi connectivity index (χ0) is 9.56. The molecule has 1 N–H and O–H groups in total. The van der Waals surface area contributed by atoms with Crippen molar-refractivity contribution in [1.82, 2.24) is 4.90 Å². The molecule has 70 valence electrons. The van der Waals surface area contributed by atoms with Crippen molar-refractivity contribution in [2.75, 3.05) is 25.6 Å². The molecule has 5 heteroatoms. The van der Waals surface area contributed by atoms with Gasteiger partial charge in [0.1, 0.15) is 6.54 Å². The number of carbonyl (C=O) groups excluding carboxylic acids is 1. The monoisotopic (exact) mass is 191 g/mol. The number of aliphatic carboxylic acids is 1. The van der Waals surface area contributed by atoms with Crippen LogP contribution in [0.2, 0.25) is 0 Å². The van der Waals surface area contributed by atoms with Gasteiger partial charge >= 0.3 is 5.97 Å². The Bertz CT molecular complexity index is 172. The quantitative estimate of drug-likeness (QED) is 0.678. The Morgan fingerprint density at radius 3 is 2.50 bits per heavy atom. The summed E-state index contributed by atoms with van der Waals surface area (Å²) in [4.78, 5) is 22.5. The molecule has 0 aliphatic carbocycles. The van der Waals surface area contributed by atoms with Crippen molar-refractivity contribution in [1.29, 1.82) is 0 Å². The number of likely N-dealkylation sites (N-methyl/N-ethyl adjacent to an activating group) is 1. The lowest BCUT2D eigenvalue weighted by atomic mass is 10.4. The zero-order valence-corrected chi connectivity index (χ0v) is 8.06. The lowest BCUT2D eigenvalue weighted by Crippen LogP contribution is -2.32. The van der Waals surface area contributed by atoms with Crippen molar-refractivity contribution in [2.45, 2.75) is 6.42 Å². The van der Waals surface area contributed by atoms with Gasteiger partial charge in [0, 0.05) is 19.2 Å². The van der Waals surface area contributed by atoms with E-state index < -0.39 is 5.97 Å². The van der Waals surface area contributed by atoms with Gasteiger partial charge < -0.3 is 10.0 Å². The van der Waals surface area contributed by atoms with Crippen molar-refractivity contribution in [3.8, 4) is 0 Å². The highest BCUT2D eigenvalue weighted by Crippen LogP contribution is 1.98. The largest absolute Gasteiger partial charge is 0.480 e. The van der Waals surface area contributed by atoms with Gasteiger partial charge in [0.25, 0.3) is 0 Å². The van der Waals surface area contributed by atoms with Crippen LogP contribution in [-0.4, -0.2) is 47.5 Å². The van der Waals surface area contributed by atoms with Crippen molar-refractivity contribution < 1.29 is 14.7 Å². The SMILES string of the molecule is CSCCC(=O)N(C)CC(=O)O. The second-order valence-electron chi connectivity index (χ2n) is 2.39. The molecule has 0 heterocycles. The second kappa shape index (κ2) is 5.88. The van der Waals surface area contributed by atoms with E-state index >= 15 is 0 Å². The van der Waals surface area contributed by atoms with Gasteiger partial charge in [0.05, 0.1) is 0 Å². The molecule has 0 radical (unpaired) electrons. The zero-order valence-electron chi connectivity index (χ0n) is 7.24. The Labute approximate surface area is 75.9 Å². The van der Waals surface area contributed by atoms with Gasteiger partial charge in [-0.25, -0.2) is 0 Å². The Hall–Kier alpha value is -0.710. The molecule has 0 aromatic carbocycles. The summed E-state index contributed by atoms with van der Waals surface area (Å²) in [6, 6.07) is 0. The maximum Gasteiger partial charge on any atom is 0.323 e. The normalized spacial score (nSPS) is 9.50. The fraction of sp³-hybridized carbons (Fsp3) is 0.714. The first-order valence-corrected chi connectivity index (χ1v) is 4.92. The van der Waals surface area contributed by atoms with E-state index in [1.54, 1.807) is 11.8 Å². The van der Waals surface area contributed by atoms with Gasteiger partial charge in [-0.15, -0.1) is 0 Å². The van der Waals surface area contributed by atoms with Crippen molar-refractivity contribution in [3.63, 3.8) is 0 Å². The number of carbonyl (C=O) groups is 2. The first-order valence-electron chi connectivity index (χ1n) is 3.52. The van der Waals surface area contributed by atoms with Gasteiger partial charge in [-0.3, -0.25) is 9.59 Å². The molecule has 1 amide bonds. The topological polar surface area (TPSA) is 57.6 Å². The Morgan fingerprint density at radius 2 is 2.08 bits per heavy atom. The number of amides is 1. The Morgan fingerprint density at radius 1 is 1.50 bits per heavy atom. The van der Waals surface area contributed by atoms with Crippen LogP contribution in [0.5, 0.6) is 0 Å². The molecule has 0 rings (SSSR count). The number of hydrogen-bond acceptors (Lipinski definition) is 3. The van der Waals surface area contributed by atoms with Crippen LogP contribution in [0.1, 0.15) is 6.42 Å². The summed E-state index contributed by atoms with van der Waals surface area (Å²) in [5.41, 5.74) is 0. The fourth-order valence-corrected chi connectivity index (χ4v) is 1.05. The molecule has 0 aliphatic heterocycles. The van der Waals surface area contributed by atoms with Gasteiger partial charge in [-0.05, 0) is 6.26 Å². The van der Waals surface area contributed by atoms with E-state index in [1.165, 1.54) is 11.9 Å². The molecule has 0 fully saturated rings. The molecule has 0 aliphatic rings. The highest BCUT2D eigenvalue weighted by Gasteiger charge is 2.10. The minimum absolute atomic E-state index is 0.119. The number of hydrogen-bond donors (Lipinski definition) is 1. The van der Waals surface area contributed by atoms with Crippen molar-refractivity contribution in [3.05, 3.63) is 0 Å². The maximum atomic E-state index is 11.1. The van der Waals surface area contributed by atoms with E-state index in [9.17, 15) is 9.59 Å². The third-order valence-electron chi connectivity index (χ3n) is 1.32. The molecule has 0 aromatic heterocycles. The molecule has 0 unspecified atom stereocenters. The number of carboxylic acid groups (broad SMARTS) is 1. The molecular formula is C7H13NO3S. The third-order valence-corrected chi connectivity index (χ3v) is 1.93. The standard InChI is InChI=1S/C7H13NO3S/c1-8(5-7(10)11)6(9)3-4-12-2/h3-5H2,1-2H3,(H,10,11). The van der Waals surface area contributed by atoms with Gasteiger partial charge in [-0.1, -0.05) is 0 Å². The van der Waals surface area contributed by atoms with E-state index in [0.717, 1.165) is 5.75 Å². The molecule has 4 nitrogen and oxygen atoms in total. The van der Waals surface area contributed by atoms with Crippen LogP contribution in [0.3, 0.4) is 0 Å². The summed E-state index contributed by atoms with van der Waals surface area (Å²) in [5.74, 6) is -0.357. The summed E-state index contributed by atoms with van der Waals surface area (Å²) in [7, 11) is 1.50. The highest BCUT2D eigenvalue weighted by molar-refractivity contribution is 7.98. The average Bonchev–Trinajstić information content (AvgIpc) is 1.98. The van der Waals surface area contributed by atoms with Crippen LogP contribution >= 0.6 is 11.8 Å². The Balaban J connectivity index is 3.69. The second-order valence-corrected chi connectivity index (χ2v) is 3.37. The summed E-state index contributed by atoms with van der Waals surface area (Å²) in [5, 5.41) is 8.36. The summed E-state index contributed by atoms with van der Waals surface area (Å²) >= 11 is 1.57. The van der Waals surface area contributed by atoms with E-state index in [-0.39, 0.29) is 12.5 Å². The molecule has 0 atom stereocenters. The predicted octanol–water partition coefficient (Wildman–Crippen LogP) is 0.283. The smallest absolute Gasteiger partial charge is 0.323 e. The van der Waals surface area contributed by atoms with E-state index in [4.69, 9.17) is 5.11 Å². The number of nitrogens with zero attached hydrogens (tertiary/aromatic N) is 1. The summed E-state index contributed by atoms with van der Waals surface area (Å²) in [6.07, 6.45) is 2.31. The lowest BCUT2D eigenvalue weighted by Gasteiger charge is -2.13. The van der Waals surface area contributed by atoms with Crippen LogP contribution in [0.15, 0.2) is 0 Å². The lowest BCUT2D eigenvalue weighted by molar-refractivity contribution is -0.143. The fourth-order valence-electron chi connectivity index (χ4n) is 0.671. The molecule has 0 bridgehead atoms. The minimum atomic E-state index is -0.977. The molecule has 0 aromatic rings. The van der Waals surface area contributed by atoms with Crippen LogP contribution in [0.4, 0.5) is 0 Å². The van der Waals surface area contributed by atoms with E-state index in [0.29, 0.717) is 6.42 Å². The van der Waals surface area contributed by atoms with Crippen LogP contribution in [0.25, 0.3) is 0 Å². The Kier molecular flexibility index (Phi) is 5.53. The van der Waals surface area contributed by atoms with Crippen LogP contribution in [-0.2, 0) is 9.59 Å². The maximum absolute atomic E-state index is 11.1. The van der Waals surface area contributed by atoms with Crippen LogP contribution < -0.4 is 0 Å². The average molecular weight is 191 g/mol. The number of rotatable bonds is 5. The third kappa shape index (κ3) is 5.01. The summed E-state index contributed by atoms with van der Waals surface area (Å²) in [6.45, 7) is -0.215. The van der Waals surface area contributed by atoms with Crippen LogP contribution in [0, 0.1) is 0 Å². The van der Waals surface area contributed by atoms with E-state index in [1.807, 2.05) is 6.26 Å². The number of thioether (sulfide) groups is 1. The predicted molar refractivity (Wildman–Crippen MR) is 48.3 cm³/mol. The molecule has 0 saturated heterocycles. The van der Waals surface area contributed by atoms with Gasteiger partial charge in [-0.2, -0.15) is 11.8 Å². The molecule has 0 saturated carbocycles. The van der Waals surface area contributed by atoms with Crippen molar-refractivity contribution >= 4 is 23.6 Å². The first kappa shape index (κ1) is 11.3. The van der Waals surface area contributed by atoms with Crippen molar-refractivity contribution in [2.24, 2.45) is 0 Å². The number of carboxylic acids is 1. The van der Waals surface area contributed by atoms with E-state index in [2.05, 4.69) is 0 Å². The molecule has 12 heavy (non-hydrogen) atoms. The van der Waals surface area contributed by atoms with Gasteiger partial charge in [0.15, 0.2) is 0 Å². The molecular weight excluding hydrogens is 178 g/mol.